The number of nitrogens with one attached hydrogen (secondary N) is 2. The summed E-state index contributed by atoms with van der Waals surface area (Å²) >= 11 is 0. The van der Waals surface area contributed by atoms with Crippen LogP contribution >= 0.6 is 0 Å². The zero-order valence-electron chi connectivity index (χ0n) is 22.3. The number of carboxylic acid groups (broad SMARTS) is 1. The minimum Gasteiger partial charge on any atom is -0.477 e. The lowest BCUT2D eigenvalue weighted by molar-refractivity contribution is 0.0695. The number of hydrogen-bond donors (Lipinski definition) is 3. The summed E-state index contributed by atoms with van der Waals surface area (Å²) in [5.41, 5.74) is 2.08. The van der Waals surface area contributed by atoms with Crippen LogP contribution in [0.4, 0.5) is 20.3 Å². The van der Waals surface area contributed by atoms with Crippen LogP contribution in [0, 0.1) is 5.82 Å². The molecule has 206 valence electrons. The molecule has 1 aliphatic rings. The van der Waals surface area contributed by atoms with Crippen LogP contribution in [0.15, 0.2) is 41.5 Å². The number of nitrogens with zero attached hydrogens (tertiary/aromatic N) is 5. The highest BCUT2D eigenvalue weighted by molar-refractivity contribution is 6.12. The van der Waals surface area contributed by atoms with Crippen LogP contribution in [-0.2, 0) is 7.05 Å². The molecule has 12 heteroatoms. The van der Waals surface area contributed by atoms with Crippen molar-refractivity contribution in [2.24, 2.45) is 7.05 Å². The second-order valence-electron chi connectivity index (χ2n) is 10.3. The molecule has 5 heterocycles. The van der Waals surface area contributed by atoms with Crippen molar-refractivity contribution < 1.29 is 18.7 Å². The fourth-order valence-corrected chi connectivity index (χ4v) is 5.60. The number of alkyl halides is 1. The Bertz CT molecular complexity index is 1900. The Labute approximate surface area is 226 Å². The molecule has 2 unspecified atom stereocenters. The van der Waals surface area contributed by atoms with Crippen molar-refractivity contribution in [3.8, 4) is 11.1 Å². The Morgan fingerprint density at radius 1 is 1.18 bits per heavy atom. The summed E-state index contributed by atoms with van der Waals surface area (Å²) in [4.78, 5) is 41.1. The third-order valence-corrected chi connectivity index (χ3v) is 7.65. The van der Waals surface area contributed by atoms with Crippen molar-refractivity contribution in [3.05, 3.63) is 58.3 Å². The Kier molecular flexibility index (Phi) is 5.95. The van der Waals surface area contributed by atoms with Crippen LogP contribution in [0.1, 0.15) is 10.4 Å². The number of benzene rings is 1. The molecule has 0 spiro atoms. The van der Waals surface area contributed by atoms with Crippen molar-refractivity contribution in [2.45, 2.75) is 12.2 Å². The van der Waals surface area contributed by atoms with Gasteiger partial charge in [-0.1, -0.05) is 0 Å². The number of aromatic nitrogens is 4. The molecule has 40 heavy (non-hydrogen) atoms. The predicted octanol–water partition coefficient (Wildman–Crippen LogP) is 3.60. The minimum absolute atomic E-state index is 0.108. The van der Waals surface area contributed by atoms with Crippen LogP contribution < -0.4 is 15.6 Å². The van der Waals surface area contributed by atoms with Crippen LogP contribution in [0.5, 0.6) is 0 Å². The molecule has 10 nitrogen and oxygen atoms in total. The van der Waals surface area contributed by atoms with Gasteiger partial charge in [0.15, 0.2) is 0 Å². The minimum atomic E-state index is -1.33. The van der Waals surface area contributed by atoms with E-state index in [9.17, 15) is 19.1 Å². The largest absolute Gasteiger partial charge is 0.477 e. The molecular weight excluding hydrogens is 520 g/mol. The average Bonchev–Trinajstić information content (AvgIpc) is 3.49. The highest BCUT2D eigenvalue weighted by atomic mass is 19.1. The first-order valence-corrected chi connectivity index (χ1v) is 12.7. The maximum atomic E-state index is 15.1. The van der Waals surface area contributed by atoms with E-state index in [1.54, 1.807) is 26.4 Å². The van der Waals surface area contributed by atoms with Crippen molar-refractivity contribution in [1.29, 1.82) is 0 Å². The van der Waals surface area contributed by atoms with Gasteiger partial charge in [0, 0.05) is 54.9 Å². The molecule has 6 rings (SSSR count). The van der Waals surface area contributed by atoms with E-state index in [-0.39, 0.29) is 23.5 Å². The van der Waals surface area contributed by atoms with Gasteiger partial charge in [0.25, 0.3) is 0 Å². The summed E-state index contributed by atoms with van der Waals surface area (Å²) < 4.78 is 31.1. The number of rotatable bonds is 5. The van der Waals surface area contributed by atoms with Crippen LogP contribution in [-0.4, -0.2) is 81.9 Å². The highest BCUT2D eigenvalue weighted by Gasteiger charge is 2.36. The van der Waals surface area contributed by atoms with Gasteiger partial charge in [-0.05, 0) is 38.4 Å². The van der Waals surface area contributed by atoms with E-state index in [4.69, 9.17) is 4.98 Å². The fourth-order valence-electron chi connectivity index (χ4n) is 5.60. The predicted molar refractivity (Wildman–Crippen MR) is 151 cm³/mol. The molecule has 0 aliphatic carbocycles. The van der Waals surface area contributed by atoms with Crippen molar-refractivity contribution in [3.63, 3.8) is 0 Å². The Hall–Kier alpha value is -4.58. The van der Waals surface area contributed by atoms with E-state index in [2.05, 4.69) is 15.3 Å². The summed E-state index contributed by atoms with van der Waals surface area (Å²) in [7, 11) is 6.97. The van der Waals surface area contributed by atoms with Gasteiger partial charge in [-0.2, -0.15) is 0 Å². The number of aromatic carboxylic acids is 1. The molecule has 0 bridgehead atoms. The van der Waals surface area contributed by atoms with E-state index >= 15 is 4.39 Å². The first-order chi connectivity index (χ1) is 19.1. The Morgan fingerprint density at radius 3 is 2.62 bits per heavy atom. The fraction of sp³-hybridized carbons (Fsp3) is 0.286. The molecule has 1 aromatic carbocycles. The van der Waals surface area contributed by atoms with Crippen molar-refractivity contribution >= 4 is 50.4 Å². The van der Waals surface area contributed by atoms with Crippen molar-refractivity contribution in [1.82, 2.24) is 24.4 Å². The summed E-state index contributed by atoms with van der Waals surface area (Å²) in [5, 5.41) is 13.9. The summed E-state index contributed by atoms with van der Waals surface area (Å²) in [6, 6.07) is 5.88. The number of aryl methyl sites for hydroxylation is 1. The number of halogens is 2. The number of carbonyl (C=O) groups is 1. The van der Waals surface area contributed by atoms with Gasteiger partial charge >= 0.3 is 5.97 Å². The van der Waals surface area contributed by atoms with Gasteiger partial charge in [-0.3, -0.25) is 4.79 Å². The quantitative estimate of drug-likeness (QED) is 0.306. The number of hydrogen-bond acceptors (Lipinski definition) is 7. The topological polar surface area (TPSA) is 119 Å². The molecular formula is C28H27F2N7O3. The van der Waals surface area contributed by atoms with Crippen LogP contribution in [0.2, 0.25) is 0 Å². The maximum Gasteiger partial charge on any atom is 0.341 e. The Balaban J connectivity index is 1.64. The molecule has 1 saturated heterocycles. The number of likely N-dealkylation sites (N-methyl/N-ethyl adjacent to an activating group) is 1. The standard InChI is InChI=1S/C28H27F2N7O3/c1-31-21-7-14(29)6-16-17-8-15(13-5-18-24(38)19(28(39)40)10-36(4)26(18)32-9-13)27(34-25(17)33-23(16)21)37-11-20(30)22(12-37)35(2)3/h5-10,20,22,31H,11-12H2,1-4H3,(H,33,34)(H,39,40). The third-order valence-electron chi connectivity index (χ3n) is 7.65. The summed E-state index contributed by atoms with van der Waals surface area (Å²) in [6.07, 6.45) is 1.70. The van der Waals surface area contributed by atoms with Crippen molar-refractivity contribution in [2.75, 3.05) is 44.4 Å². The number of H-pyrrole nitrogens is 1. The van der Waals surface area contributed by atoms with Crippen LogP contribution in [0.25, 0.3) is 44.1 Å². The third kappa shape index (κ3) is 3.94. The van der Waals surface area contributed by atoms with Gasteiger partial charge in [-0.25, -0.2) is 23.5 Å². The monoisotopic (exact) mass is 547 g/mol. The van der Waals surface area contributed by atoms with E-state index in [1.807, 2.05) is 30.0 Å². The van der Waals surface area contributed by atoms with Crippen LogP contribution in [0.3, 0.4) is 0 Å². The second-order valence-corrected chi connectivity index (χ2v) is 10.3. The van der Waals surface area contributed by atoms with Gasteiger partial charge in [0.05, 0.1) is 29.2 Å². The number of anilines is 2. The molecule has 1 fully saturated rings. The number of fused-ring (bicyclic) bond motifs is 4. The average molecular weight is 548 g/mol. The zero-order chi connectivity index (χ0) is 28.5. The van der Waals surface area contributed by atoms with E-state index in [0.29, 0.717) is 56.8 Å². The van der Waals surface area contributed by atoms with E-state index in [0.717, 1.165) is 0 Å². The molecule has 2 atom stereocenters. The van der Waals surface area contributed by atoms with Gasteiger partial charge < -0.3 is 29.8 Å². The zero-order valence-corrected chi connectivity index (χ0v) is 22.3. The van der Waals surface area contributed by atoms with Gasteiger partial charge in [0.2, 0.25) is 5.43 Å². The maximum absolute atomic E-state index is 15.1. The van der Waals surface area contributed by atoms with Gasteiger partial charge in [0.1, 0.15) is 34.7 Å². The summed E-state index contributed by atoms with van der Waals surface area (Å²) in [6.45, 7) is 0.485. The number of aromatic amines is 1. The lowest BCUT2D eigenvalue weighted by atomic mass is 10.0. The molecule has 5 aromatic rings. The number of pyridine rings is 3. The summed E-state index contributed by atoms with van der Waals surface area (Å²) in [5.74, 6) is -1.28. The SMILES string of the molecule is CNc1cc(F)cc2c1[nH]c1nc(N3CC(F)C(N(C)C)C3)c(-c3cnc4c(c3)c(=O)c(C(=O)O)cn4C)cc12. The molecule has 0 radical (unpaired) electrons. The normalized spacial score (nSPS) is 17.5. The molecule has 3 N–H and O–H groups in total. The molecule has 0 amide bonds. The molecule has 4 aromatic heterocycles. The number of carboxylic acids is 1. The Morgan fingerprint density at radius 2 is 1.95 bits per heavy atom. The lowest BCUT2D eigenvalue weighted by Gasteiger charge is -2.23. The lowest BCUT2D eigenvalue weighted by Crippen LogP contribution is -2.36. The first-order valence-electron chi connectivity index (χ1n) is 12.7. The van der Waals surface area contributed by atoms with Gasteiger partial charge in [-0.15, -0.1) is 0 Å². The van der Waals surface area contributed by atoms with E-state index in [1.165, 1.54) is 22.9 Å². The molecule has 1 aliphatic heterocycles. The van der Waals surface area contributed by atoms with E-state index < -0.39 is 23.4 Å². The smallest absolute Gasteiger partial charge is 0.341 e. The second kappa shape index (κ2) is 9.26. The highest BCUT2D eigenvalue weighted by Crippen LogP contribution is 2.39. The first kappa shape index (κ1) is 25.7. The molecule has 0 saturated carbocycles.